The highest BCUT2D eigenvalue weighted by Crippen LogP contribution is 2.29. The molecule has 0 spiro atoms. The van der Waals surface area contributed by atoms with Gasteiger partial charge in [-0.15, -0.1) is 0 Å². The van der Waals surface area contributed by atoms with Crippen molar-refractivity contribution in [3.63, 3.8) is 0 Å². The summed E-state index contributed by atoms with van der Waals surface area (Å²) < 4.78 is 0. The van der Waals surface area contributed by atoms with Crippen LogP contribution in [0.5, 0.6) is 0 Å². The molecule has 158 valence electrons. The van der Waals surface area contributed by atoms with Gasteiger partial charge in [-0.3, -0.25) is 19.6 Å². The van der Waals surface area contributed by atoms with Gasteiger partial charge >= 0.3 is 0 Å². The average Bonchev–Trinajstić information content (AvgIpc) is 3.24. The van der Waals surface area contributed by atoms with Crippen molar-refractivity contribution in [2.75, 3.05) is 26.2 Å². The van der Waals surface area contributed by atoms with Crippen LogP contribution in [0.1, 0.15) is 42.4 Å². The summed E-state index contributed by atoms with van der Waals surface area (Å²) in [5, 5.41) is 0. The van der Waals surface area contributed by atoms with Gasteiger partial charge in [0, 0.05) is 44.6 Å². The second-order valence-electron chi connectivity index (χ2n) is 9.16. The van der Waals surface area contributed by atoms with Crippen molar-refractivity contribution in [3.8, 4) is 0 Å². The van der Waals surface area contributed by atoms with Gasteiger partial charge in [0.25, 0.3) is 0 Å². The molecule has 2 fully saturated rings. The summed E-state index contributed by atoms with van der Waals surface area (Å²) >= 11 is 0. The topological polar surface area (TPSA) is 39.7 Å². The molecule has 2 aromatic rings. The van der Waals surface area contributed by atoms with Gasteiger partial charge in [0.15, 0.2) is 0 Å². The third-order valence-electron chi connectivity index (χ3n) is 7.18. The molecule has 0 saturated carbocycles. The predicted molar refractivity (Wildman–Crippen MR) is 118 cm³/mol. The smallest absolute Gasteiger partial charge is 0.227 e. The summed E-state index contributed by atoms with van der Waals surface area (Å²) in [7, 11) is 0. The number of pyridine rings is 1. The quantitative estimate of drug-likeness (QED) is 0.784. The van der Waals surface area contributed by atoms with E-state index in [1.165, 1.54) is 29.5 Å². The average molecular weight is 405 g/mol. The Morgan fingerprint density at radius 1 is 0.933 bits per heavy atom. The molecule has 1 aromatic carbocycles. The van der Waals surface area contributed by atoms with E-state index in [1.807, 2.05) is 12.4 Å². The summed E-state index contributed by atoms with van der Waals surface area (Å²) in [5.41, 5.74) is 3.99. The maximum atomic E-state index is 13.2. The molecule has 0 aliphatic carbocycles. The zero-order chi connectivity index (χ0) is 20.3. The van der Waals surface area contributed by atoms with Gasteiger partial charge in [0.1, 0.15) is 0 Å². The minimum absolute atomic E-state index is 0.169. The fraction of sp³-hybridized carbons (Fsp3) is 0.520. The minimum Gasteiger partial charge on any atom is -0.334 e. The highest BCUT2D eigenvalue weighted by Gasteiger charge is 2.35. The van der Waals surface area contributed by atoms with E-state index in [4.69, 9.17) is 0 Å². The van der Waals surface area contributed by atoms with Crippen molar-refractivity contribution in [1.82, 2.24) is 19.7 Å². The molecular weight excluding hydrogens is 372 g/mol. The Bertz CT molecular complexity index is 837. The SMILES string of the molecule is O=C([C@H]1CCCN(C2CCN(Cc3ccncc3)CC2)C1)N1Cc2ccccc2C1. The number of piperidine rings is 2. The predicted octanol–water partition coefficient (Wildman–Crippen LogP) is 3.30. The van der Waals surface area contributed by atoms with E-state index in [2.05, 4.69) is 56.1 Å². The van der Waals surface area contributed by atoms with Crippen molar-refractivity contribution in [1.29, 1.82) is 0 Å². The molecule has 0 radical (unpaired) electrons. The number of likely N-dealkylation sites (tertiary alicyclic amines) is 2. The minimum atomic E-state index is 0.169. The van der Waals surface area contributed by atoms with Gasteiger partial charge < -0.3 is 4.90 Å². The zero-order valence-electron chi connectivity index (χ0n) is 17.7. The third-order valence-corrected chi connectivity index (χ3v) is 7.18. The third kappa shape index (κ3) is 4.28. The summed E-state index contributed by atoms with van der Waals surface area (Å²) in [6.45, 7) is 6.98. The number of nitrogens with zero attached hydrogens (tertiary/aromatic N) is 4. The molecule has 3 aliphatic heterocycles. The first-order valence-corrected chi connectivity index (χ1v) is 11.5. The second-order valence-corrected chi connectivity index (χ2v) is 9.16. The Labute approximate surface area is 179 Å². The lowest BCUT2D eigenvalue weighted by Gasteiger charge is -2.42. The van der Waals surface area contributed by atoms with Crippen LogP contribution in [0.3, 0.4) is 0 Å². The van der Waals surface area contributed by atoms with Crippen LogP contribution < -0.4 is 0 Å². The molecule has 4 heterocycles. The van der Waals surface area contributed by atoms with Crippen LogP contribution in [0.25, 0.3) is 0 Å². The van der Waals surface area contributed by atoms with Crippen LogP contribution in [0.4, 0.5) is 0 Å². The number of hydrogen-bond acceptors (Lipinski definition) is 4. The number of amides is 1. The molecule has 2 saturated heterocycles. The lowest BCUT2D eigenvalue weighted by atomic mass is 9.92. The molecule has 5 rings (SSSR count). The Balaban J connectivity index is 1.13. The van der Waals surface area contributed by atoms with Crippen LogP contribution in [-0.4, -0.2) is 57.8 Å². The largest absolute Gasteiger partial charge is 0.334 e. The van der Waals surface area contributed by atoms with Crippen molar-refractivity contribution < 1.29 is 4.79 Å². The van der Waals surface area contributed by atoms with Gasteiger partial charge in [-0.05, 0) is 74.1 Å². The first-order chi connectivity index (χ1) is 14.8. The first kappa shape index (κ1) is 19.7. The number of benzene rings is 1. The molecule has 3 aliphatic rings. The van der Waals surface area contributed by atoms with Crippen molar-refractivity contribution in [3.05, 3.63) is 65.5 Å². The normalized spacial score (nSPS) is 23.5. The van der Waals surface area contributed by atoms with Crippen LogP contribution >= 0.6 is 0 Å². The molecule has 1 atom stereocenters. The fourth-order valence-electron chi connectivity index (χ4n) is 5.48. The van der Waals surface area contributed by atoms with E-state index < -0.39 is 0 Å². The van der Waals surface area contributed by atoms with E-state index in [0.29, 0.717) is 11.9 Å². The summed E-state index contributed by atoms with van der Waals surface area (Å²) in [4.78, 5) is 24.6. The summed E-state index contributed by atoms with van der Waals surface area (Å²) in [6.07, 6.45) is 8.37. The lowest BCUT2D eigenvalue weighted by molar-refractivity contribution is -0.138. The number of rotatable bonds is 4. The number of hydrogen-bond donors (Lipinski definition) is 0. The van der Waals surface area contributed by atoms with Gasteiger partial charge in [-0.1, -0.05) is 24.3 Å². The van der Waals surface area contributed by atoms with Crippen molar-refractivity contribution >= 4 is 5.91 Å². The van der Waals surface area contributed by atoms with Gasteiger partial charge in [0.2, 0.25) is 5.91 Å². The molecule has 0 bridgehead atoms. The molecular formula is C25H32N4O. The Hall–Kier alpha value is -2.24. The number of carbonyl (C=O) groups is 1. The lowest BCUT2D eigenvalue weighted by Crippen LogP contribution is -2.50. The summed E-state index contributed by atoms with van der Waals surface area (Å²) in [6, 6.07) is 13.3. The van der Waals surface area contributed by atoms with Gasteiger partial charge in [-0.2, -0.15) is 0 Å². The van der Waals surface area contributed by atoms with Crippen molar-refractivity contribution in [2.45, 2.75) is 51.4 Å². The van der Waals surface area contributed by atoms with Gasteiger partial charge in [0.05, 0.1) is 5.92 Å². The van der Waals surface area contributed by atoms with E-state index >= 15 is 0 Å². The highest BCUT2D eigenvalue weighted by molar-refractivity contribution is 5.80. The summed E-state index contributed by atoms with van der Waals surface area (Å²) in [5.74, 6) is 0.536. The van der Waals surface area contributed by atoms with Crippen LogP contribution in [0, 0.1) is 5.92 Å². The van der Waals surface area contributed by atoms with Gasteiger partial charge in [-0.25, -0.2) is 0 Å². The molecule has 30 heavy (non-hydrogen) atoms. The van der Waals surface area contributed by atoms with Crippen LogP contribution in [0.2, 0.25) is 0 Å². The first-order valence-electron chi connectivity index (χ1n) is 11.5. The van der Waals surface area contributed by atoms with E-state index in [0.717, 1.165) is 58.7 Å². The van der Waals surface area contributed by atoms with Crippen LogP contribution in [-0.2, 0) is 24.4 Å². The molecule has 1 amide bonds. The Kier molecular flexibility index (Phi) is 5.82. The van der Waals surface area contributed by atoms with E-state index in [1.54, 1.807) is 0 Å². The fourth-order valence-corrected chi connectivity index (χ4v) is 5.48. The molecule has 5 nitrogen and oxygen atoms in total. The Morgan fingerprint density at radius 3 is 2.33 bits per heavy atom. The number of carbonyl (C=O) groups excluding carboxylic acids is 1. The van der Waals surface area contributed by atoms with E-state index in [9.17, 15) is 4.79 Å². The monoisotopic (exact) mass is 404 g/mol. The number of fused-ring (bicyclic) bond motifs is 1. The maximum Gasteiger partial charge on any atom is 0.227 e. The molecule has 0 unspecified atom stereocenters. The molecule has 1 aromatic heterocycles. The highest BCUT2D eigenvalue weighted by atomic mass is 16.2. The molecule has 5 heteroatoms. The standard InChI is InChI=1S/C25H32N4O/c30-25(29-17-21-4-1-2-5-22(21)18-29)23-6-3-13-28(19-23)24-9-14-27(15-10-24)16-20-7-11-26-12-8-20/h1-2,4-5,7-8,11-12,23-24H,3,6,9-10,13-19H2/t23-/m0/s1. The number of aromatic nitrogens is 1. The van der Waals surface area contributed by atoms with E-state index in [-0.39, 0.29) is 5.92 Å². The van der Waals surface area contributed by atoms with Crippen LogP contribution in [0.15, 0.2) is 48.8 Å². The maximum absolute atomic E-state index is 13.2. The Morgan fingerprint density at radius 2 is 1.63 bits per heavy atom. The van der Waals surface area contributed by atoms with Crippen molar-refractivity contribution in [2.24, 2.45) is 5.92 Å². The second kappa shape index (κ2) is 8.86. The zero-order valence-corrected chi connectivity index (χ0v) is 17.7. The molecule has 0 N–H and O–H groups in total.